The number of hydrogen-bond donors (Lipinski definition) is 2. The molecule has 1 aromatic rings. The van der Waals surface area contributed by atoms with Crippen LogP contribution in [0.15, 0.2) is 18.3 Å². The molecule has 1 aliphatic carbocycles. The van der Waals surface area contributed by atoms with Gasteiger partial charge in [-0.15, -0.1) is 0 Å². The van der Waals surface area contributed by atoms with Crippen LogP contribution in [-0.2, 0) is 0 Å². The Morgan fingerprint density at radius 1 is 1.45 bits per heavy atom. The van der Waals surface area contributed by atoms with Crippen molar-refractivity contribution in [1.82, 2.24) is 10.3 Å². The largest absolute Gasteiger partial charge is 0.388 e. The quantitative estimate of drug-likeness (QED) is 0.837. The summed E-state index contributed by atoms with van der Waals surface area (Å²) in [6.07, 6.45) is 4.96. The van der Waals surface area contributed by atoms with E-state index < -0.39 is 5.60 Å². The predicted molar refractivity (Wildman–Crippen MR) is 87.9 cm³/mol. The summed E-state index contributed by atoms with van der Waals surface area (Å²) in [6.45, 7) is 6.99. The first-order valence-corrected chi connectivity index (χ1v) is 8.20. The lowest BCUT2D eigenvalue weighted by atomic mass is 9.68. The maximum atomic E-state index is 12.1. The summed E-state index contributed by atoms with van der Waals surface area (Å²) in [6, 6.07) is 3.30. The first-order valence-electron chi connectivity index (χ1n) is 7.82. The molecule has 0 spiro atoms. The molecule has 1 fully saturated rings. The monoisotopic (exact) mass is 324 g/mol. The minimum absolute atomic E-state index is 0.184. The molecule has 1 aromatic heterocycles. The van der Waals surface area contributed by atoms with Crippen LogP contribution in [0.1, 0.15) is 56.8 Å². The number of carbonyl (C=O) groups is 1. The number of halogens is 1. The number of amides is 1. The van der Waals surface area contributed by atoms with E-state index in [-0.39, 0.29) is 23.0 Å². The molecule has 0 aliphatic heterocycles. The van der Waals surface area contributed by atoms with Crippen LogP contribution in [0.3, 0.4) is 0 Å². The third kappa shape index (κ3) is 4.20. The molecule has 4 nitrogen and oxygen atoms in total. The Balaban J connectivity index is 1.90. The van der Waals surface area contributed by atoms with E-state index in [1.165, 1.54) is 0 Å². The van der Waals surface area contributed by atoms with Gasteiger partial charge in [-0.05, 0) is 49.1 Å². The van der Waals surface area contributed by atoms with E-state index in [1.54, 1.807) is 18.3 Å². The number of rotatable bonds is 3. The van der Waals surface area contributed by atoms with Crippen LogP contribution < -0.4 is 5.32 Å². The summed E-state index contributed by atoms with van der Waals surface area (Å²) >= 11 is 5.91. The van der Waals surface area contributed by atoms with Gasteiger partial charge in [0, 0.05) is 12.7 Å². The Bertz CT molecular complexity index is 532. The van der Waals surface area contributed by atoms with E-state index in [9.17, 15) is 9.90 Å². The van der Waals surface area contributed by atoms with Gasteiger partial charge in [0.05, 0.1) is 11.2 Å². The number of pyridine rings is 1. The first-order chi connectivity index (χ1) is 10.2. The maximum Gasteiger partial charge on any atom is 0.254 e. The van der Waals surface area contributed by atoms with E-state index in [0.29, 0.717) is 11.5 Å². The summed E-state index contributed by atoms with van der Waals surface area (Å²) in [5.41, 5.74) is -0.198. The highest BCUT2D eigenvalue weighted by molar-refractivity contribution is 6.32. The predicted octanol–water partition coefficient (Wildman–Crippen LogP) is 3.43. The summed E-state index contributed by atoms with van der Waals surface area (Å²) in [7, 11) is 0. The van der Waals surface area contributed by atoms with Gasteiger partial charge in [-0.2, -0.15) is 0 Å². The Hall–Kier alpha value is -1.13. The maximum absolute atomic E-state index is 12.1. The minimum atomic E-state index is -0.813. The SMILES string of the molecule is CC(C)(C)C1CCC(O)(CNC(=O)c2cccnc2Cl)CC1. The topological polar surface area (TPSA) is 62.2 Å². The molecule has 122 valence electrons. The van der Waals surface area contributed by atoms with Gasteiger partial charge < -0.3 is 10.4 Å². The normalized spacial score (nSPS) is 25.8. The van der Waals surface area contributed by atoms with Crippen molar-refractivity contribution < 1.29 is 9.90 Å². The lowest BCUT2D eigenvalue weighted by Gasteiger charge is -2.41. The number of nitrogens with one attached hydrogen (secondary N) is 1. The van der Waals surface area contributed by atoms with Crippen molar-refractivity contribution in [2.75, 3.05) is 6.54 Å². The van der Waals surface area contributed by atoms with Gasteiger partial charge >= 0.3 is 0 Å². The van der Waals surface area contributed by atoms with Crippen LogP contribution in [0.5, 0.6) is 0 Å². The summed E-state index contributed by atoms with van der Waals surface area (Å²) < 4.78 is 0. The van der Waals surface area contributed by atoms with E-state index in [1.807, 2.05) is 0 Å². The van der Waals surface area contributed by atoms with Crippen LogP contribution in [0, 0.1) is 11.3 Å². The van der Waals surface area contributed by atoms with Crippen molar-refractivity contribution in [3.8, 4) is 0 Å². The second-order valence-corrected chi connectivity index (χ2v) is 7.75. The van der Waals surface area contributed by atoms with Crippen molar-refractivity contribution >= 4 is 17.5 Å². The van der Waals surface area contributed by atoms with E-state index in [0.717, 1.165) is 25.7 Å². The molecule has 0 saturated heterocycles. The molecule has 0 unspecified atom stereocenters. The Labute approximate surface area is 137 Å². The fourth-order valence-corrected chi connectivity index (χ4v) is 3.30. The summed E-state index contributed by atoms with van der Waals surface area (Å²) in [5, 5.41) is 13.6. The van der Waals surface area contributed by atoms with Gasteiger partial charge in [0.25, 0.3) is 5.91 Å². The van der Waals surface area contributed by atoms with Gasteiger partial charge in [0.15, 0.2) is 0 Å². The molecule has 2 rings (SSSR count). The van der Waals surface area contributed by atoms with Crippen molar-refractivity contribution in [3.05, 3.63) is 29.0 Å². The molecule has 1 heterocycles. The number of carbonyl (C=O) groups excluding carboxylic acids is 1. The van der Waals surface area contributed by atoms with Gasteiger partial charge in [-0.3, -0.25) is 4.79 Å². The third-order valence-electron chi connectivity index (χ3n) is 4.72. The summed E-state index contributed by atoms with van der Waals surface area (Å²) in [4.78, 5) is 16.0. The standard InChI is InChI=1S/C17H25ClN2O2/c1-16(2,3)12-6-8-17(22,9-7-12)11-20-15(21)13-5-4-10-19-14(13)18/h4-5,10,12,22H,6-9,11H2,1-3H3,(H,20,21). The van der Waals surface area contributed by atoms with Crippen LogP contribution in [0.2, 0.25) is 5.15 Å². The Morgan fingerprint density at radius 2 is 2.09 bits per heavy atom. The van der Waals surface area contributed by atoms with E-state index in [2.05, 4.69) is 31.1 Å². The minimum Gasteiger partial charge on any atom is -0.388 e. The highest BCUT2D eigenvalue weighted by Gasteiger charge is 2.37. The van der Waals surface area contributed by atoms with Gasteiger partial charge in [-0.1, -0.05) is 32.4 Å². The van der Waals surface area contributed by atoms with Crippen LogP contribution in [-0.4, -0.2) is 28.1 Å². The van der Waals surface area contributed by atoms with Gasteiger partial charge in [-0.25, -0.2) is 4.98 Å². The average Bonchev–Trinajstić information content (AvgIpc) is 2.45. The van der Waals surface area contributed by atoms with Crippen LogP contribution in [0.4, 0.5) is 0 Å². The smallest absolute Gasteiger partial charge is 0.254 e. The second kappa shape index (κ2) is 6.55. The van der Waals surface area contributed by atoms with E-state index >= 15 is 0 Å². The molecule has 1 amide bonds. The fourth-order valence-electron chi connectivity index (χ4n) is 3.09. The van der Waals surface area contributed by atoms with Crippen molar-refractivity contribution in [1.29, 1.82) is 0 Å². The molecule has 0 bridgehead atoms. The Kier molecular flexibility index (Phi) is 5.13. The highest BCUT2D eigenvalue weighted by Crippen LogP contribution is 2.41. The van der Waals surface area contributed by atoms with Gasteiger partial charge in [0.1, 0.15) is 5.15 Å². The molecular formula is C17H25ClN2O2. The first kappa shape index (κ1) is 17.2. The highest BCUT2D eigenvalue weighted by atomic mass is 35.5. The van der Waals surface area contributed by atoms with E-state index in [4.69, 9.17) is 11.6 Å². The third-order valence-corrected chi connectivity index (χ3v) is 5.02. The number of aliphatic hydroxyl groups is 1. The lowest BCUT2D eigenvalue weighted by molar-refractivity contribution is -0.0228. The zero-order chi connectivity index (χ0) is 16.4. The number of aromatic nitrogens is 1. The molecule has 5 heteroatoms. The van der Waals surface area contributed by atoms with Crippen molar-refractivity contribution in [2.45, 2.75) is 52.1 Å². The lowest BCUT2D eigenvalue weighted by Crippen LogP contribution is -2.46. The molecule has 0 radical (unpaired) electrons. The molecule has 22 heavy (non-hydrogen) atoms. The van der Waals surface area contributed by atoms with Crippen molar-refractivity contribution in [3.63, 3.8) is 0 Å². The molecule has 1 saturated carbocycles. The molecule has 2 N–H and O–H groups in total. The van der Waals surface area contributed by atoms with Crippen LogP contribution in [0.25, 0.3) is 0 Å². The number of nitrogens with zero attached hydrogens (tertiary/aromatic N) is 1. The fraction of sp³-hybridized carbons (Fsp3) is 0.647. The number of hydrogen-bond acceptors (Lipinski definition) is 3. The second-order valence-electron chi connectivity index (χ2n) is 7.39. The molecular weight excluding hydrogens is 300 g/mol. The van der Waals surface area contributed by atoms with Crippen molar-refractivity contribution in [2.24, 2.45) is 11.3 Å². The van der Waals surface area contributed by atoms with Gasteiger partial charge in [0.2, 0.25) is 0 Å². The molecule has 1 aliphatic rings. The zero-order valence-electron chi connectivity index (χ0n) is 13.5. The Morgan fingerprint density at radius 3 is 2.64 bits per heavy atom. The average molecular weight is 325 g/mol. The molecule has 0 atom stereocenters. The zero-order valence-corrected chi connectivity index (χ0v) is 14.3. The van der Waals surface area contributed by atoms with Crippen LogP contribution >= 0.6 is 11.6 Å². The molecule has 0 aromatic carbocycles. The summed E-state index contributed by atoms with van der Waals surface area (Å²) in [5.74, 6) is 0.334.